The Balaban J connectivity index is 1.48. The van der Waals surface area contributed by atoms with Crippen molar-refractivity contribution in [2.75, 3.05) is 0 Å². The Morgan fingerprint density at radius 1 is 0.912 bits per heavy atom. The van der Waals surface area contributed by atoms with Gasteiger partial charge in [0.2, 0.25) is 5.91 Å². The van der Waals surface area contributed by atoms with Gasteiger partial charge in [0, 0.05) is 29.3 Å². The Bertz CT molecular complexity index is 1400. The Hall–Kier alpha value is -3.45. The third kappa shape index (κ3) is 4.89. The third-order valence-corrected chi connectivity index (χ3v) is 8.07. The molecule has 1 aromatic heterocycles. The van der Waals surface area contributed by atoms with E-state index in [9.17, 15) is 18.0 Å². The molecular weight excluding hydrogens is 448 g/mol. The zero-order chi connectivity index (χ0) is 23.7. The minimum atomic E-state index is -3.50. The molecule has 1 amide bonds. The maximum atomic E-state index is 12.9. The predicted molar refractivity (Wildman–Crippen MR) is 131 cm³/mol. The van der Waals surface area contributed by atoms with Crippen LogP contribution in [0.3, 0.4) is 0 Å². The van der Waals surface area contributed by atoms with E-state index in [1.807, 2.05) is 36.4 Å². The molecule has 2 fully saturated rings. The number of rotatable bonds is 7. The van der Waals surface area contributed by atoms with E-state index in [0.29, 0.717) is 24.5 Å². The number of aromatic amines is 1. The zero-order valence-electron chi connectivity index (χ0n) is 18.7. The summed E-state index contributed by atoms with van der Waals surface area (Å²) in [6.45, 7) is 0. The second-order valence-electron chi connectivity index (χ2n) is 8.99. The molecule has 3 aromatic rings. The van der Waals surface area contributed by atoms with Crippen LogP contribution in [0, 0.1) is 0 Å². The minimum absolute atomic E-state index is 0.000489. The molecule has 5 rings (SSSR count). The van der Waals surface area contributed by atoms with E-state index in [1.165, 1.54) is 0 Å². The average molecular weight is 475 g/mol. The van der Waals surface area contributed by atoms with Crippen LogP contribution >= 0.6 is 0 Å². The number of pyridine rings is 1. The second-order valence-corrected chi connectivity index (χ2v) is 11.0. The van der Waals surface area contributed by atoms with Crippen molar-refractivity contribution >= 4 is 21.3 Å². The van der Waals surface area contributed by atoms with E-state index >= 15 is 0 Å². The van der Waals surface area contributed by atoms with Gasteiger partial charge >= 0.3 is 0 Å². The largest absolute Gasteiger partial charge is 0.350 e. The lowest BCUT2D eigenvalue weighted by Crippen LogP contribution is -2.23. The van der Waals surface area contributed by atoms with Crippen molar-refractivity contribution in [2.24, 2.45) is 0 Å². The summed E-state index contributed by atoms with van der Waals surface area (Å²) in [4.78, 5) is 27.6. The van der Waals surface area contributed by atoms with E-state index in [0.717, 1.165) is 35.1 Å². The van der Waals surface area contributed by atoms with Crippen molar-refractivity contribution in [2.45, 2.75) is 48.3 Å². The number of amides is 1. The molecule has 0 unspecified atom stereocenters. The number of nitrogens with one attached hydrogen (secondary N) is 2. The predicted octanol–water partition coefficient (Wildman–Crippen LogP) is 3.94. The highest BCUT2D eigenvalue weighted by Crippen LogP contribution is 2.38. The molecule has 6 nitrogen and oxygen atoms in total. The Morgan fingerprint density at radius 3 is 2.26 bits per heavy atom. The van der Waals surface area contributed by atoms with Gasteiger partial charge in [0.25, 0.3) is 5.56 Å². The van der Waals surface area contributed by atoms with Crippen molar-refractivity contribution < 1.29 is 13.2 Å². The van der Waals surface area contributed by atoms with Crippen molar-refractivity contribution in [1.82, 2.24) is 10.3 Å². The van der Waals surface area contributed by atoms with Crippen LogP contribution in [-0.2, 0) is 20.4 Å². The molecule has 2 aliphatic rings. The van der Waals surface area contributed by atoms with Gasteiger partial charge in [0.1, 0.15) is 0 Å². The average Bonchev–Trinajstić information content (AvgIpc) is 3.58. The fourth-order valence-corrected chi connectivity index (χ4v) is 5.73. The van der Waals surface area contributed by atoms with Gasteiger partial charge in [-0.05, 0) is 54.5 Å². The fraction of sp³-hybridized carbons (Fsp3) is 0.259. The van der Waals surface area contributed by atoms with Crippen LogP contribution in [0.15, 0.2) is 82.5 Å². The Labute approximate surface area is 198 Å². The van der Waals surface area contributed by atoms with Crippen molar-refractivity contribution in [1.29, 1.82) is 0 Å². The number of H-pyrrole nitrogens is 1. The van der Waals surface area contributed by atoms with Crippen LogP contribution in [0.5, 0.6) is 0 Å². The van der Waals surface area contributed by atoms with Gasteiger partial charge in [-0.3, -0.25) is 9.59 Å². The van der Waals surface area contributed by atoms with Crippen LogP contribution in [0.2, 0.25) is 0 Å². The highest BCUT2D eigenvalue weighted by atomic mass is 32.2. The molecule has 174 valence electrons. The SMILES string of the molecule is O=C1CC[C@H](C=C(c2ccc(S(=O)(=O)Cc3ccccc3)cc2)c2ccc(C3CC3)c(=O)[nH]2)N1. The van der Waals surface area contributed by atoms with Gasteiger partial charge in [-0.25, -0.2) is 8.42 Å². The first-order chi connectivity index (χ1) is 16.4. The van der Waals surface area contributed by atoms with Crippen molar-refractivity contribution in [3.63, 3.8) is 0 Å². The van der Waals surface area contributed by atoms with Gasteiger partial charge in [0.15, 0.2) is 9.84 Å². The van der Waals surface area contributed by atoms with Crippen LogP contribution in [0.4, 0.5) is 0 Å². The van der Waals surface area contributed by atoms with Crippen LogP contribution < -0.4 is 10.9 Å². The lowest BCUT2D eigenvalue weighted by Gasteiger charge is -2.13. The van der Waals surface area contributed by atoms with E-state index in [4.69, 9.17) is 0 Å². The summed E-state index contributed by atoms with van der Waals surface area (Å²) in [5.74, 6) is 0.272. The van der Waals surface area contributed by atoms with E-state index < -0.39 is 9.84 Å². The third-order valence-electron chi connectivity index (χ3n) is 6.37. The molecule has 2 N–H and O–H groups in total. The number of carbonyl (C=O) groups excluding carboxylic acids is 1. The van der Waals surface area contributed by atoms with Gasteiger partial charge in [-0.2, -0.15) is 0 Å². The number of carbonyl (C=O) groups is 1. The molecule has 2 aromatic carbocycles. The molecule has 1 aliphatic heterocycles. The quantitative estimate of drug-likeness (QED) is 0.542. The van der Waals surface area contributed by atoms with Crippen LogP contribution in [-0.4, -0.2) is 25.4 Å². The smallest absolute Gasteiger partial charge is 0.251 e. The number of hydrogen-bond acceptors (Lipinski definition) is 4. The highest BCUT2D eigenvalue weighted by molar-refractivity contribution is 7.90. The fourth-order valence-electron chi connectivity index (χ4n) is 4.38. The molecule has 0 spiro atoms. The van der Waals surface area contributed by atoms with E-state index in [2.05, 4.69) is 10.3 Å². The van der Waals surface area contributed by atoms with E-state index in [-0.39, 0.29) is 28.2 Å². The first kappa shape index (κ1) is 22.3. The molecule has 2 heterocycles. The summed E-state index contributed by atoms with van der Waals surface area (Å²) in [6.07, 6.45) is 5.16. The Morgan fingerprint density at radius 2 is 1.65 bits per heavy atom. The summed E-state index contributed by atoms with van der Waals surface area (Å²) >= 11 is 0. The number of hydrogen-bond donors (Lipinski definition) is 2. The molecular formula is C27H26N2O4S. The number of sulfone groups is 1. The maximum absolute atomic E-state index is 12.9. The molecule has 1 atom stereocenters. The normalized spacial score (nSPS) is 18.6. The summed E-state index contributed by atoms with van der Waals surface area (Å²) in [6, 6.07) is 19.4. The van der Waals surface area contributed by atoms with Gasteiger partial charge < -0.3 is 10.3 Å². The monoisotopic (exact) mass is 474 g/mol. The number of benzene rings is 2. The second kappa shape index (κ2) is 9.06. The molecule has 1 saturated carbocycles. The summed E-state index contributed by atoms with van der Waals surface area (Å²) < 4.78 is 25.8. The first-order valence-corrected chi connectivity index (χ1v) is 13.2. The Kier molecular flexibility index (Phi) is 5.96. The molecule has 1 saturated heterocycles. The maximum Gasteiger partial charge on any atom is 0.251 e. The lowest BCUT2D eigenvalue weighted by molar-refractivity contribution is -0.119. The molecule has 0 bridgehead atoms. The minimum Gasteiger partial charge on any atom is -0.350 e. The molecule has 0 radical (unpaired) electrons. The van der Waals surface area contributed by atoms with Crippen LogP contribution in [0.25, 0.3) is 5.57 Å². The molecule has 1 aliphatic carbocycles. The van der Waals surface area contributed by atoms with Crippen molar-refractivity contribution in [3.8, 4) is 0 Å². The van der Waals surface area contributed by atoms with Gasteiger partial charge in [-0.1, -0.05) is 54.6 Å². The molecule has 34 heavy (non-hydrogen) atoms. The van der Waals surface area contributed by atoms with Crippen molar-refractivity contribution in [3.05, 3.63) is 106 Å². The standard InChI is InChI=1S/C27H26N2O4S/c30-26-15-10-21(28-26)16-24(25-14-13-23(19-6-7-19)27(31)29-25)20-8-11-22(12-9-20)34(32,33)17-18-4-2-1-3-5-18/h1-5,8-9,11-14,16,19,21H,6-7,10,15,17H2,(H,28,30)(H,29,31)/t21-/m1/s1. The van der Waals surface area contributed by atoms with Gasteiger partial charge in [0.05, 0.1) is 10.6 Å². The van der Waals surface area contributed by atoms with Crippen LogP contribution in [0.1, 0.15) is 54.0 Å². The number of aromatic nitrogens is 1. The summed E-state index contributed by atoms with van der Waals surface area (Å²) in [5, 5.41) is 2.94. The lowest BCUT2D eigenvalue weighted by atomic mass is 9.98. The summed E-state index contributed by atoms with van der Waals surface area (Å²) in [5.41, 5.74) is 3.63. The zero-order valence-corrected chi connectivity index (χ0v) is 19.5. The first-order valence-electron chi connectivity index (χ1n) is 11.5. The topological polar surface area (TPSA) is 96.1 Å². The summed E-state index contributed by atoms with van der Waals surface area (Å²) in [7, 11) is -3.50. The van der Waals surface area contributed by atoms with Gasteiger partial charge in [-0.15, -0.1) is 0 Å². The highest BCUT2D eigenvalue weighted by Gasteiger charge is 2.27. The van der Waals surface area contributed by atoms with E-state index in [1.54, 1.807) is 36.4 Å². The molecule has 7 heteroatoms.